The molecule has 0 saturated heterocycles. The van der Waals surface area contributed by atoms with Gasteiger partial charge in [-0.25, -0.2) is 8.78 Å². The van der Waals surface area contributed by atoms with Crippen LogP contribution in [0.15, 0.2) is 18.2 Å². The first-order valence-corrected chi connectivity index (χ1v) is 7.14. The minimum atomic E-state index is -0.894. The second-order valence-corrected chi connectivity index (χ2v) is 5.67. The average molecular weight is 261 g/mol. The molecule has 2 nitrogen and oxygen atoms in total. The van der Waals surface area contributed by atoms with E-state index in [-0.39, 0.29) is 12.1 Å². The van der Waals surface area contributed by atoms with Crippen LogP contribution < -0.4 is 5.32 Å². The first kappa shape index (κ1) is 14.3. The predicted molar refractivity (Wildman–Crippen MR) is 66.3 cm³/mol. The Morgan fingerprint density at radius 1 is 1.35 bits per heavy atom. The highest BCUT2D eigenvalue weighted by Gasteiger charge is 2.14. The molecule has 0 aliphatic carbocycles. The lowest BCUT2D eigenvalue weighted by molar-refractivity contribution is 0.481. The van der Waals surface area contributed by atoms with E-state index in [1.165, 1.54) is 12.1 Å². The summed E-state index contributed by atoms with van der Waals surface area (Å²) in [4.78, 5) is 0. The molecule has 0 heterocycles. The Kier molecular flexibility index (Phi) is 5.21. The smallest absolute Gasteiger partial charge is 0.130 e. The average Bonchev–Trinajstić information content (AvgIpc) is 2.15. The van der Waals surface area contributed by atoms with Gasteiger partial charge < -0.3 is 5.32 Å². The lowest BCUT2D eigenvalue weighted by atomic mass is 10.1. The summed E-state index contributed by atoms with van der Waals surface area (Å²) in [7, 11) is -0.894. The van der Waals surface area contributed by atoms with E-state index in [1.807, 2.05) is 6.92 Å². The summed E-state index contributed by atoms with van der Waals surface area (Å²) in [6.07, 6.45) is 1.63. The van der Waals surface area contributed by atoms with Crippen molar-refractivity contribution >= 4 is 10.8 Å². The van der Waals surface area contributed by atoms with Crippen LogP contribution in [-0.4, -0.2) is 22.3 Å². The fraction of sp³-hybridized carbons (Fsp3) is 0.500. The predicted octanol–water partition coefficient (Wildman–Crippen LogP) is 2.38. The molecule has 3 unspecified atom stereocenters. The van der Waals surface area contributed by atoms with Crippen molar-refractivity contribution in [3.63, 3.8) is 0 Å². The van der Waals surface area contributed by atoms with E-state index in [4.69, 9.17) is 0 Å². The van der Waals surface area contributed by atoms with Crippen LogP contribution in [-0.2, 0) is 10.8 Å². The third kappa shape index (κ3) is 4.52. The van der Waals surface area contributed by atoms with Crippen LogP contribution in [0, 0.1) is 11.6 Å². The molecule has 1 rings (SSSR count). The van der Waals surface area contributed by atoms with Gasteiger partial charge in [-0.15, -0.1) is 0 Å². The largest absolute Gasteiger partial charge is 0.307 e. The van der Waals surface area contributed by atoms with Crippen molar-refractivity contribution in [3.8, 4) is 0 Å². The monoisotopic (exact) mass is 261 g/mol. The second-order valence-electron chi connectivity index (χ2n) is 4.20. The molecule has 0 fully saturated rings. The van der Waals surface area contributed by atoms with Crippen molar-refractivity contribution in [2.75, 3.05) is 12.0 Å². The lowest BCUT2D eigenvalue weighted by Crippen LogP contribution is -2.33. The standard InChI is InChI=1S/C12H17F2NOS/c1-8(7-17(3)16)15-9(2)11-5-4-10(13)6-12(11)14/h4-6,8-9,15H,7H2,1-3H3. The molecular formula is C12H17F2NOS. The number of nitrogens with one attached hydrogen (secondary N) is 1. The Morgan fingerprint density at radius 2 is 2.00 bits per heavy atom. The van der Waals surface area contributed by atoms with Gasteiger partial charge in [0.2, 0.25) is 0 Å². The number of benzene rings is 1. The third-order valence-corrected chi connectivity index (χ3v) is 3.42. The molecule has 0 aliphatic heterocycles. The third-order valence-electron chi connectivity index (χ3n) is 2.45. The van der Waals surface area contributed by atoms with Crippen LogP contribution in [0.3, 0.4) is 0 Å². The molecule has 0 aromatic heterocycles. The van der Waals surface area contributed by atoms with E-state index in [1.54, 1.807) is 13.2 Å². The van der Waals surface area contributed by atoms with E-state index in [0.717, 1.165) is 6.07 Å². The molecule has 0 aliphatic rings. The molecule has 0 spiro atoms. The van der Waals surface area contributed by atoms with Crippen molar-refractivity contribution in [3.05, 3.63) is 35.4 Å². The van der Waals surface area contributed by atoms with E-state index in [2.05, 4.69) is 5.32 Å². The van der Waals surface area contributed by atoms with Crippen LogP contribution in [0.4, 0.5) is 8.78 Å². The van der Waals surface area contributed by atoms with Gasteiger partial charge in [0.05, 0.1) is 0 Å². The summed E-state index contributed by atoms with van der Waals surface area (Å²) in [5.41, 5.74) is 0.417. The van der Waals surface area contributed by atoms with Gasteiger partial charge in [-0.2, -0.15) is 0 Å². The summed E-state index contributed by atoms with van der Waals surface area (Å²) in [6.45, 7) is 3.69. The molecule has 1 aromatic carbocycles. The van der Waals surface area contributed by atoms with Gasteiger partial charge in [0.25, 0.3) is 0 Å². The maximum absolute atomic E-state index is 13.5. The Balaban J connectivity index is 2.69. The maximum atomic E-state index is 13.5. The van der Waals surface area contributed by atoms with E-state index in [0.29, 0.717) is 11.3 Å². The Morgan fingerprint density at radius 3 is 2.53 bits per heavy atom. The zero-order chi connectivity index (χ0) is 13.0. The van der Waals surface area contributed by atoms with Gasteiger partial charge in [-0.1, -0.05) is 6.07 Å². The second kappa shape index (κ2) is 6.21. The van der Waals surface area contributed by atoms with Gasteiger partial charge in [-0.05, 0) is 19.9 Å². The topological polar surface area (TPSA) is 29.1 Å². The summed E-state index contributed by atoms with van der Waals surface area (Å²) in [5, 5.41) is 3.13. The first-order valence-electron chi connectivity index (χ1n) is 5.41. The zero-order valence-corrected chi connectivity index (χ0v) is 11.0. The molecule has 1 aromatic rings. The molecule has 5 heteroatoms. The van der Waals surface area contributed by atoms with E-state index in [9.17, 15) is 13.0 Å². The highest BCUT2D eigenvalue weighted by molar-refractivity contribution is 7.84. The molecular weight excluding hydrogens is 244 g/mol. The normalized spacial score (nSPS) is 16.5. The molecule has 96 valence electrons. The molecule has 17 heavy (non-hydrogen) atoms. The highest BCUT2D eigenvalue weighted by Crippen LogP contribution is 2.18. The highest BCUT2D eigenvalue weighted by atomic mass is 32.2. The van der Waals surface area contributed by atoms with Gasteiger partial charge in [0.1, 0.15) is 11.6 Å². The number of hydrogen-bond acceptors (Lipinski definition) is 2. The SMILES string of the molecule is CC(CS(C)=O)NC(C)c1ccc(F)cc1F. The fourth-order valence-corrected chi connectivity index (χ4v) is 2.57. The summed E-state index contributed by atoms with van der Waals surface area (Å²) in [5.74, 6) is -0.636. The van der Waals surface area contributed by atoms with Crippen LogP contribution in [0.1, 0.15) is 25.5 Å². The minimum Gasteiger partial charge on any atom is -0.307 e. The molecule has 3 atom stereocenters. The van der Waals surface area contributed by atoms with Crippen LogP contribution in [0.5, 0.6) is 0 Å². The summed E-state index contributed by atoms with van der Waals surface area (Å²) < 4.78 is 37.2. The minimum absolute atomic E-state index is 0.0142. The van der Waals surface area contributed by atoms with Crippen molar-refractivity contribution in [1.29, 1.82) is 0 Å². The Bertz CT molecular complexity index is 411. The van der Waals surface area contributed by atoms with Crippen molar-refractivity contribution in [1.82, 2.24) is 5.32 Å². The van der Waals surface area contributed by atoms with Crippen molar-refractivity contribution < 1.29 is 13.0 Å². The van der Waals surface area contributed by atoms with E-state index >= 15 is 0 Å². The summed E-state index contributed by atoms with van der Waals surface area (Å²) >= 11 is 0. The molecule has 0 amide bonds. The molecule has 0 bridgehead atoms. The van der Waals surface area contributed by atoms with Crippen LogP contribution in [0.2, 0.25) is 0 Å². The van der Waals surface area contributed by atoms with Gasteiger partial charge in [0, 0.05) is 46.5 Å². The van der Waals surface area contributed by atoms with Crippen molar-refractivity contribution in [2.45, 2.75) is 25.9 Å². The van der Waals surface area contributed by atoms with Gasteiger partial charge >= 0.3 is 0 Å². The van der Waals surface area contributed by atoms with E-state index < -0.39 is 22.4 Å². The first-order chi connectivity index (χ1) is 7.90. The molecule has 0 saturated carbocycles. The number of hydrogen-bond donors (Lipinski definition) is 1. The van der Waals surface area contributed by atoms with Crippen LogP contribution in [0.25, 0.3) is 0 Å². The lowest BCUT2D eigenvalue weighted by Gasteiger charge is -2.20. The Hall–Kier alpha value is -0.810. The number of halogens is 2. The zero-order valence-electron chi connectivity index (χ0n) is 10.2. The quantitative estimate of drug-likeness (QED) is 0.881. The van der Waals surface area contributed by atoms with Crippen molar-refractivity contribution in [2.24, 2.45) is 0 Å². The summed E-state index contributed by atoms with van der Waals surface area (Å²) in [6, 6.07) is 3.31. The maximum Gasteiger partial charge on any atom is 0.130 e. The van der Waals surface area contributed by atoms with Gasteiger partial charge in [-0.3, -0.25) is 4.21 Å². The van der Waals surface area contributed by atoms with Crippen LogP contribution >= 0.6 is 0 Å². The Labute approximate surface area is 103 Å². The number of rotatable bonds is 5. The molecule has 0 radical (unpaired) electrons. The van der Waals surface area contributed by atoms with Gasteiger partial charge in [0.15, 0.2) is 0 Å². The fourth-order valence-electron chi connectivity index (χ4n) is 1.77. The molecule has 1 N–H and O–H groups in total.